The number of rotatable bonds is 5. The van der Waals surface area contributed by atoms with Crippen LogP contribution in [0.4, 0.5) is 0 Å². The first-order chi connectivity index (χ1) is 9.72. The number of hydrogen-bond donors (Lipinski definition) is 0. The van der Waals surface area contributed by atoms with Crippen LogP contribution in [0.5, 0.6) is 11.5 Å². The van der Waals surface area contributed by atoms with Crippen molar-refractivity contribution in [3.8, 4) is 11.5 Å². The monoisotopic (exact) mass is 293 g/mol. The number of thioether (sulfide) groups is 1. The fourth-order valence-corrected chi connectivity index (χ4v) is 3.73. The Hall–Kier alpha value is -1.36. The summed E-state index contributed by atoms with van der Waals surface area (Å²) in [5, 5.41) is 0.0492. The maximum atomic E-state index is 12.1. The Kier molecular flexibility index (Phi) is 3.78. The number of ether oxygens (including phenoxy) is 2. The maximum absolute atomic E-state index is 12.1. The summed E-state index contributed by atoms with van der Waals surface area (Å²) in [6.45, 7) is 0.872. The molecule has 2 aliphatic rings. The number of benzene rings is 1. The van der Waals surface area contributed by atoms with Crippen molar-refractivity contribution in [2.24, 2.45) is 5.92 Å². The lowest BCUT2D eigenvalue weighted by Crippen LogP contribution is -2.30. The first-order valence-electron chi connectivity index (χ1n) is 6.86. The van der Waals surface area contributed by atoms with E-state index in [1.807, 2.05) is 23.1 Å². The van der Waals surface area contributed by atoms with Crippen LogP contribution in [0.3, 0.4) is 0 Å². The number of methoxy groups -OCH3 is 2. The molecular weight excluding hydrogens is 274 g/mol. The molecule has 1 aromatic carbocycles. The molecule has 0 radical (unpaired) electrons. The van der Waals surface area contributed by atoms with Gasteiger partial charge in [0.1, 0.15) is 16.9 Å². The SMILES string of the molecule is COc1ccc(OC)c(C2SCC(=O)N2CC2CC2)c1. The second-order valence-electron chi connectivity index (χ2n) is 5.26. The first kappa shape index (κ1) is 13.6. The molecule has 0 spiro atoms. The van der Waals surface area contributed by atoms with Gasteiger partial charge >= 0.3 is 0 Å². The number of hydrogen-bond acceptors (Lipinski definition) is 4. The van der Waals surface area contributed by atoms with Gasteiger partial charge in [0.15, 0.2) is 0 Å². The molecule has 0 bridgehead atoms. The van der Waals surface area contributed by atoms with E-state index in [9.17, 15) is 4.79 Å². The van der Waals surface area contributed by atoms with Crippen molar-refractivity contribution in [2.45, 2.75) is 18.2 Å². The van der Waals surface area contributed by atoms with Gasteiger partial charge in [-0.15, -0.1) is 11.8 Å². The Morgan fingerprint density at radius 1 is 1.30 bits per heavy atom. The van der Waals surface area contributed by atoms with Crippen molar-refractivity contribution >= 4 is 17.7 Å². The van der Waals surface area contributed by atoms with Gasteiger partial charge in [0, 0.05) is 12.1 Å². The molecule has 3 rings (SSSR count). The predicted octanol–water partition coefficient (Wildman–Crippen LogP) is 2.69. The minimum absolute atomic E-state index is 0.0492. The van der Waals surface area contributed by atoms with E-state index < -0.39 is 0 Å². The van der Waals surface area contributed by atoms with Crippen LogP contribution in [0.2, 0.25) is 0 Å². The summed E-state index contributed by atoms with van der Waals surface area (Å²) in [4.78, 5) is 14.1. The molecular formula is C15H19NO3S. The van der Waals surface area contributed by atoms with Crippen LogP contribution >= 0.6 is 11.8 Å². The Morgan fingerprint density at radius 3 is 2.75 bits per heavy atom. The molecule has 1 aromatic rings. The average molecular weight is 293 g/mol. The first-order valence-corrected chi connectivity index (χ1v) is 7.91. The molecule has 1 heterocycles. The standard InChI is InChI=1S/C15H19NO3S/c1-18-11-5-6-13(19-2)12(7-11)15-16(8-10-3-4-10)14(17)9-20-15/h5-7,10,15H,3-4,8-9H2,1-2H3. The minimum atomic E-state index is 0.0492. The molecule has 1 unspecified atom stereocenters. The fraction of sp³-hybridized carbons (Fsp3) is 0.533. The molecule has 108 valence electrons. The number of carbonyl (C=O) groups is 1. The van der Waals surface area contributed by atoms with Crippen LogP contribution in [0.15, 0.2) is 18.2 Å². The lowest BCUT2D eigenvalue weighted by molar-refractivity contribution is -0.128. The third-order valence-corrected chi connectivity index (χ3v) is 5.06. The molecule has 20 heavy (non-hydrogen) atoms. The van der Waals surface area contributed by atoms with E-state index >= 15 is 0 Å². The van der Waals surface area contributed by atoms with E-state index in [0.717, 1.165) is 23.6 Å². The molecule has 0 aromatic heterocycles. The lowest BCUT2D eigenvalue weighted by atomic mass is 10.1. The molecule has 1 amide bonds. The van der Waals surface area contributed by atoms with Gasteiger partial charge in [0.25, 0.3) is 0 Å². The second kappa shape index (κ2) is 5.56. The Labute approximate surface area is 123 Å². The zero-order valence-corrected chi connectivity index (χ0v) is 12.6. The smallest absolute Gasteiger partial charge is 0.233 e. The Balaban J connectivity index is 1.91. The van der Waals surface area contributed by atoms with E-state index in [2.05, 4.69) is 0 Å². The molecule has 0 N–H and O–H groups in total. The summed E-state index contributed by atoms with van der Waals surface area (Å²) in [6, 6.07) is 5.77. The third-order valence-electron chi connectivity index (χ3n) is 3.82. The van der Waals surface area contributed by atoms with Gasteiger partial charge in [-0.3, -0.25) is 4.79 Å². The number of amides is 1. The largest absolute Gasteiger partial charge is 0.497 e. The highest BCUT2D eigenvalue weighted by atomic mass is 32.2. The highest BCUT2D eigenvalue weighted by Crippen LogP contribution is 2.45. The molecule has 1 atom stereocenters. The van der Waals surface area contributed by atoms with Crippen molar-refractivity contribution < 1.29 is 14.3 Å². The quantitative estimate of drug-likeness (QED) is 0.836. The highest BCUT2D eigenvalue weighted by molar-refractivity contribution is 8.00. The normalized spacial score (nSPS) is 22.2. The van der Waals surface area contributed by atoms with Crippen molar-refractivity contribution in [3.63, 3.8) is 0 Å². The van der Waals surface area contributed by atoms with Crippen molar-refractivity contribution in [1.82, 2.24) is 4.90 Å². The van der Waals surface area contributed by atoms with Crippen LogP contribution in [-0.2, 0) is 4.79 Å². The van der Waals surface area contributed by atoms with Gasteiger partial charge in [-0.1, -0.05) is 0 Å². The molecule has 1 saturated carbocycles. The Bertz CT molecular complexity index is 516. The summed E-state index contributed by atoms with van der Waals surface area (Å²) < 4.78 is 10.8. The van der Waals surface area contributed by atoms with E-state index in [-0.39, 0.29) is 11.3 Å². The second-order valence-corrected chi connectivity index (χ2v) is 6.33. The van der Waals surface area contributed by atoms with Crippen LogP contribution in [0, 0.1) is 5.92 Å². The molecule has 4 nitrogen and oxygen atoms in total. The summed E-state index contributed by atoms with van der Waals surface area (Å²) in [6.07, 6.45) is 2.49. The average Bonchev–Trinajstić information content (AvgIpc) is 3.22. The van der Waals surface area contributed by atoms with Gasteiger partial charge in [0.05, 0.1) is 20.0 Å². The van der Waals surface area contributed by atoms with E-state index in [1.54, 1.807) is 26.0 Å². The van der Waals surface area contributed by atoms with Crippen molar-refractivity contribution in [3.05, 3.63) is 23.8 Å². The van der Waals surface area contributed by atoms with Crippen LogP contribution in [0.1, 0.15) is 23.8 Å². The van der Waals surface area contributed by atoms with Crippen molar-refractivity contribution in [1.29, 1.82) is 0 Å². The van der Waals surface area contributed by atoms with E-state index in [4.69, 9.17) is 9.47 Å². The highest BCUT2D eigenvalue weighted by Gasteiger charge is 2.38. The number of carbonyl (C=O) groups excluding carboxylic acids is 1. The zero-order valence-electron chi connectivity index (χ0n) is 11.8. The Morgan fingerprint density at radius 2 is 2.10 bits per heavy atom. The number of nitrogens with zero attached hydrogens (tertiary/aromatic N) is 1. The fourth-order valence-electron chi connectivity index (χ4n) is 2.52. The summed E-state index contributed by atoms with van der Waals surface area (Å²) in [7, 11) is 3.32. The minimum Gasteiger partial charge on any atom is -0.497 e. The summed E-state index contributed by atoms with van der Waals surface area (Å²) in [5.74, 6) is 3.09. The van der Waals surface area contributed by atoms with Gasteiger partial charge in [-0.2, -0.15) is 0 Å². The summed E-state index contributed by atoms with van der Waals surface area (Å²) in [5.41, 5.74) is 1.03. The van der Waals surface area contributed by atoms with Gasteiger partial charge < -0.3 is 14.4 Å². The maximum Gasteiger partial charge on any atom is 0.233 e. The molecule has 2 fully saturated rings. The lowest BCUT2D eigenvalue weighted by Gasteiger charge is -2.25. The van der Waals surface area contributed by atoms with E-state index in [0.29, 0.717) is 11.7 Å². The van der Waals surface area contributed by atoms with Gasteiger partial charge in [-0.25, -0.2) is 0 Å². The molecule has 1 aliphatic heterocycles. The van der Waals surface area contributed by atoms with Crippen LogP contribution < -0.4 is 9.47 Å². The van der Waals surface area contributed by atoms with Crippen LogP contribution in [-0.4, -0.2) is 37.3 Å². The third kappa shape index (κ3) is 2.59. The molecule has 1 saturated heterocycles. The molecule has 1 aliphatic carbocycles. The zero-order chi connectivity index (χ0) is 14.1. The van der Waals surface area contributed by atoms with Gasteiger partial charge in [0.2, 0.25) is 5.91 Å². The topological polar surface area (TPSA) is 38.8 Å². The predicted molar refractivity (Wildman–Crippen MR) is 79.2 cm³/mol. The summed E-state index contributed by atoms with van der Waals surface area (Å²) >= 11 is 1.67. The van der Waals surface area contributed by atoms with Crippen LogP contribution in [0.25, 0.3) is 0 Å². The molecule has 5 heteroatoms. The van der Waals surface area contributed by atoms with Gasteiger partial charge in [-0.05, 0) is 37.0 Å². The van der Waals surface area contributed by atoms with Crippen molar-refractivity contribution in [2.75, 3.05) is 26.5 Å². The van der Waals surface area contributed by atoms with E-state index in [1.165, 1.54) is 12.8 Å².